The second-order valence-corrected chi connectivity index (χ2v) is 7.85. The van der Waals surface area contributed by atoms with Crippen molar-refractivity contribution < 1.29 is 19.2 Å². The van der Waals surface area contributed by atoms with E-state index in [1.54, 1.807) is 25.2 Å². The highest BCUT2D eigenvalue weighted by Crippen LogP contribution is 2.20. The number of hydrogen-bond acceptors (Lipinski definition) is 5. The van der Waals surface area contributed by atoms with E-state index in [4.69, 9.17) is 0 Å². The fourth-order valence-corrected chi connectivity index (χ4v) is 3.11. The van der Waals surface area contributed by atoms with Gasteiger partial charge in [0, 0.05) is 23.5 Å². The van der Waals surface area contributed by atoms with Crippen molar-refractivity contribution in [2.45, 2.75) is 25.3 Å². The molecule has 1 aromatic rings. The van der Waals surface area contributed by atoms with Gasteiger partial charge in [0.25, 0.3) is 5.91 Å². The molecule has 0 saturated heterocycles. The first-order valence-corrected chi connectivity index (χ1v) is 11.7. The van der Waals surface area contributed by atoms with E-state index in [0.717, 1.165) is 12.8 Å². The van der Waals surface area contributed by atoms with Crippen LogP contribution in [0.2, 0.25) is 0 Å². The summed E-state index contributed by atoms with van der Waals surface area (Å²) in [6.45, 7) is 0.446. The van der Waals surface area contributed by atoms with Crippen LogP contribution in [0.25, 0.3) is 0 Å². The molecule has 0 fully saturated rings. The van der Waals surface area contributed by atoms with Crippen LogP contribution in [0.15, 0.2) is 18.2 Å². The molecule has 2 atom stereocenters. The lowest BCUT2D eigenvalue weighted by molar-refractivity contribution is -0.114. The van der Waals surface area contributed by atoms with Gasteiger partial charge in [-0.3, -0.25) is 19.2 Å². The molecule has 160 valence electrons. The Kier molecular flexibility index (Phi) is 12.2. The molecule has 0 spiro atoms. The molecule has 1 unspecified atom stereocenters. The molecule has 0 aliphatic carbocycles. The summed E-state index contributed by atoms with van der Waals surface area (Å²) in [5, 5.41) is 11.3. The number of amides is 3. The largest absolute Gasteiger partial charge is 0.352 e. The van der Waals surface area contributed by atoms with Crippen LogP contribution in [-0.2, 0) is 14.4 Å². The van der Waals surface area contributed by atoms with Gasteiger partial charge in [0.05, 0.1) is 16.7 Å². The molecule has 0 aromatic heterocycles. The van der Waals surface area contributed by atoms with Crippen molar-refractivity contribution in [1.29, 1.82) is 0 Å². The number of unbranched alkanes of at least 4 members (excludes halogenated alkanes) is 1. The van der Waals surface area contributed by atoms with Crippen molar-refractivity contribution >= 4 is 75.7 Å². The number of hydrogen-bond donors (Lipinski definition) is 4. The molecule has 1 aromatic carbocycles. The summed E-state index contributed by atoms with van der Waals surface area (Å²) in [6, 6.07) is 4.47. The SMILES string of the molecule is CN[C@@H](CCCCNC(=O)c1cc(NC(=O)CBr)cc(NC(=O)CBr)c1)C(=O)P. The Labute approximate surface area is 189 Å². The zero-order valence-corrected chi connectivity index (χ0v) is 20.3. The van der Waals surface area contributed by atoms with Crippen LogP contribution in [-0.4, -0.2) is 53.5 Å². The number of benzene rings is 1. The van der Waals surface area contributed by atoms with E-state index in [1.807, 2.05) is 0 Å². The van der Waals surface area contributed by atoms with Gasteiger partial charge in [0.1, 0.15) is 0 Å². The summed E-state index contributed by atoms with van der Waals surface area (Å²) < 4.78 is 0. The molecule has 1 rings (SSSR count). The lowest BCUT2D eigenvalue weighted by atomic mass is 10.1. The highest BCUT2D eigenvalue weighted by Gasteiger charge is 2.13. The third kappa shape index (κ3) is 9.80. The molecule has 0 aliphatic heterocycles. The quantitative estimate of drug-likeness (QED) is 0.181. The highest BCUT2D eigenvalue weighted by atomic mass is 79.9. The maximum atomic E-state index is 12.5. The van der Waals surface area contributed by atoms with E-state index in [2.05, 4.69) is 62.4 Å². The van der Waals surface area contributed by atoms with Crippen LogP contribution in [0, 0.1) is 0 Å². The highest BCUT2D eigenvalue weighted by molar-refractivity contribution is 9.09. The van der Waals surface area contributed by atoms with Gasteiger partial charge in [-0.25, -0.2) is 0 Å². The van der Waals surface area contributed by atoms with Crippen molar-refractivity contribution in [3.8, 4) is 0 Å². The molecule has 3 amide bonds. The number of alkyl halides is 2. The van der Waals surface area contributed by atoms with Crippen molar-refractivity contribution in [1.82, 2.24) is 10.6 Å². The fourth-order valence-electron chi connectivity index (χ4n) is 2.50. The lowest BCUT2D eigenvalue weighted by Crippen LogP contribution is -2.31. The van der Waals surface area contributed by atoms with Gasteiger partial charge in [0.2, 0.25) is 11.8 Å². The smallest absolute Gasteiger partial charge is 0.251 e. The van der Waals surface area contributed by atoms with Crippen LogP contribution in [0.1, 0.15) is 29.6 Å². The molecule has 0 aliphatic rings. The minimum Gasteiger partial charge on any atom is -0.352 e. The van der Waals surface area contributed by atoms with E-state index < -0.39 is 0 Å². The number of nitrogens with one attached hydrogen (secondary N) is 4. The van der Waals surface area contributed by atoms with Crippen molar-refractivity contribution in [3.05, 3.63) is 23.8 Å². The summed E-state index contributed by atoms with van der Waals surface area (Å²) >= 11 is 6.14. The van der Waals surface area contributed by atoms with Gasteiger partial charge in [-0.15, -0.1) is 0 Å². The molecular weight excluding hydrogens is 527 g/mol. The predicted molar refractivity (Wildman–Crippen MR) is 125 cm³/mol. The maximum Gasteiger partial charge on any atom is 0.251 e. The Hall–Kier alpha value is -1.35. The summed E-state index contributed by atoms with van der Waals surface area (Å²) in [5.41, 5.74) is 1.14. The number of anilines is 2. The summed E-state index contributed by atoms with van der Waals surface area (Å²) in [5.74, 6) is -0.868. The maximum absolute atomic E-state index is 12.5. The molecule has 0 saturated carbocycles. The minimum atomic E-state index is -0.318. The molecule has 0 radical (unpaired) electrons. The van der Waals surface area contributed by atoms with Gasteiger partial charge < -0.3 is 21.3 Å². The van der Waals surface area contributed by atoms with E-state index in [9.17, 15) is 19.2 Å². The van der Waals surface area contributed by atoms with E-state index in [-0.39, 0.29) is 39.9 Å². The average Bonchev–Trinajstić information content (AvgIpc) is 2.69. The summed E-state index contributed by atoms with van der Waals surface area (Å²) in [6.07, 6.45) is 2.18. The van der Waals surface area contributed by atoms with E-state index in [0.29, 0.717) is 29.9 Å². The third-order valence-electron chi connectivity index (χ3n) is 3.90. The number of halogens is 2. The Balaban J connectivity index is 2.73. The van der Waals surface area contributed by atoms with Crippen molar-refractivity contribution in [2.75, 3.05) is 34.9 Å². The van der Waals surface area contributed by atoms with Crippen LogP contribution < -0.4 is 21.3 Å². The molecule has 11 heteroatoms. The molecular formula is C18H25Br2N4O4P. The standard InChI is InChI=1S/C18H25Br2N4O4P/c1-21-14(18(28)29)4-2-3-5-22-17(27)11-6-12(23-15(25)9-19)8-13(7-11)24-16(26)10-20/h6-8,14,21H,2-5,9-10,29H2,1H3,(H,22,27)(H,23,25)(H,24,26)/t14-/m0/s1. The first-order chi connectivity index (χ1) is 13.8. The van der Waals surface area contributed by atoms with Gasteiger partial charge in [-0.1, -0.05) is 41.1 Å². The van der Waals surface area contributed by atoms with Crippen LogP contribution in [0.4, 0.5) is 11.4 Å². The predicted octanol–water partition coefficient (Wildman–Crippen LogP) is 2.24. The van der Waals surface area contributed by atoms with Gasteiger partial charge in [-0.05, 0) is 44.5 Å². The van der Waals surface area contributed by atoms with Crippen molar-refractivity contribution in [3.63, 3.8) is 0 Å². The van der Waals surface area contributed by atoms with Gasteiger partial charge >= 0.3 is 0 Å². The Morgan fingerprint density at radius 2 is 1.52 bits per heavy atom. The third-order valence-corrected chi connectivity index (χ3v) is 5.32. The second kappa shape index (κ2) is 13.8. The normalized spacial score (nSPS) is 11.4. The number of carbonyl (C=O) groups excluding carboxylic acids is 4. The van der Waals surface area contributed by atoms with Crippen LogP contribution in [0.3, 0.4) is 0 Å². The summed E-state index contributed by atoms with van der Waals surface area (Å²) in [4.78, 5) is 47.1. The van der Waals surface area contributed by atoms with Crippen LogP contribution >= 0.6 is 41.1 Å². The number of likely N-dealkylation sites (N-methyl/N-ethyl adjacent to an activating group) is 1. The molecule has 0 heterocycles. The van der Waals surface area contributed by atoms with E-state index >= 15 is 0 Å². The zero-order valence-electron chi connectivity index (χ0n) is 16.0. The number of rotatable bonds is 12. The Morgan fingerprint density at radius 1 is 0.966 bits per heavy atom. The van der Waals surface area contributed by atoms with Crippen molar-refractivity contribution in [2.24, 2.45) is 0 Å². The van der Waals surface area contributed by atoms with Crippen LogP contribution in [0.5, 0.6) is 0 Å². The summed E-state index contributed by atoms with van der Waals surface area (Å²) in [7, 11) is 3.91. The fraction of sp³-hybridized carbons (Fsp3) is 0.444. The first kappa shape index (κ1) is 25.7. The molecule has 29 heavy (non-hydrogen) atoms. The minimum absolute atomic E-state index is 0.0110. The Morgan fingerprint density at radius 3 is 1.97 bits per heavy atom. The van der Waals surface area contributed by atoms with Gasteiger partial charge in [-0.2, -0.15) is 0 Å². The zero-order chi connectivity index (χ0) is 21.8. The second-order valence-electron chi connectivity index (χ2n) is 6.16. The lowest BCUT2D eigenvalue weighted by Gasteiger charge is -2.13. The average molecular weight is 552 g/mol. The van der Waals surface area contributed by atoms with E-state index in [1.165, 1.54) is 0 Å². The Bertz CT molecular complexity index is 712. The first-order valence-electron chi connectivity index (χ1n) is 8.92. The topological polar surface area (TPSA) is 116 Å². The number of carbonyl (C=O) groups is 4. The molecule has 4 N–H and O–H groups in total. The molecule has 8 nitrogen and oxygen atoms in total. The monoisotopic (exact) mass is 550 g/mol. The molecule has 0 bridgehead atoms. The van der Waals surface area contributed by atoms with Gasteiger partial charge in [0.15, 0.2) is 5.52 Å².